The molecular weight excluding hydrogens is 240 g/mol. The lowest BCUT2D eigenvalue weighted by Crippen LogP contribution is -2.28. The van der Waals surface area contributed by atoms with Gasteiger partial charge in [-0.15, -0.1) is 11.3 Å². The summed E-state index contributed by atoms with van der Waals surface area (Å²) < 4.78 is 0. The molecule has 0 aliphatic heterocycles. The Morgan fingerprint density at radius 2 is 1.94 bits per heavy atom. The summed E-state index contributed by atoms with van der Waals surface area (Å²) in [6.45, 7) is 8.88. The van der Waals surface area contributed by atoms with Crippen molar-refractivity contribution in [2.24, 2.45) is 0 Å². The van der Waals surface area contributed by atoms with E-state index in [0.717, 1.165) is 0 Å². The fraction of sp³-hybridized carbons (Fsp3) is 0.800. The van der Waals surface area contributed by atoms with E-state index in [9.17, 15) is 0 Å². The topological polar surface area (TPSA) is 24.9 Å². The zero-order valence-corrected chi connectivity index (χ0v) is 13.1. The lowest BCUT2D eigenvalue weighted by molar-refractivity contribution is 0.436. The van der Waals surface area contributed by atoms with E-state index >= 15 is 0 Å². The van der Waals surface area contributed by atoms with Gasteiger partial charge in [-0.1, -0.05) is 39.0 Å². The van der Waals surface area contributed by atoms with Crippen molar-refractivity contribution in [2.45, 2.75) is 78.3 Å². The predicted molar refractivity (Wildman–Crippen MR) is 81.2 cm³/mol. The standard InChI is InChI=1S/C15H28N2S/c1-5-6-7-8-9-10-12(2)17-14(4)15-16-11-13(3)18-15/h11-12,14,17H,5-10H2,1-4H3. The first-order valence-electron chi connectivity index (χ1n) is 7.31. The van der Waals surface area contributed by atoms with E-state index in [4.69, 9.17) is 0 Å². The van der Waals surface area contributed by atoms with Crippen LogP contribution in [0.3, 0.4) is 0 Å². The van der Waals surface area contributed by atoms with Gasteiger partial charge in [0.25, 0.3) is 0 Å². The maximum atomic E-state index is 4.45. The number of nitrogens with zero attached hydrogens (tertiary/aromatic N) is 1. The molecule has 0 aliphatic carbocycles. The van der Waals surface area contributed by atoms with E-state index in [0.29, 0.717) is 12.1 Å². The number of thiazole rings is 1. The molecule has 104 valence electrons. The monoisotopic (exact) mass is 268 g/mol. The van der Waals surface area contributed by atoms with Crippen LogP contribution in [0.15, 0.2) is 6.20 Å². The van der Waals surface area contributed by atoms with Crippen LogP contribution in [0.1, 0.15) is 75.2 Å². The normalized spacial score (nSPS) is 14.7. The zero-order valence-electron chi connectivity index (χ0n) is 12.3. The molecule has 0 aromatic carbocycles. The Labute approximate surface area is 116 Å². The molecule has 0 saturated carbocycles. The third-order valence-electron chi connectivity index (χ3n) is 3.28. The average molecular weight is 268 g/mol. The summed E-state index contributed by atoms with van der Waals surface area (Å²) in [6, 6.07) is 0.972. The molecule has 2 unspecified atom stereocenters. The molecule has 0 amide bonds. The van der Waals surface area contributed by atoms with Crippen molar-refractivity contribution in [1.82, 2.24) is 10.3 Å². The number of nitrogens with one attached hydrogen (secondary N) is 1. The van der Waals surface area contributed by atoms with Gasteiger partial charge in [-0.2, -0.15) is 0 Å². The van der Waals surface area contributed by atoms with Gasteiger partial charge in [0.1, 0.15) is 5.01 Å². The molecule has 1 N–H and O–H groups in total. The first-order valence-corrected chi connectivity index (χ1v) is 8.13. The van der Waals surface area contributed by atoms with Crippen molar-refractivity contribution in [2.75, 3.05) is 0 Å². The van der Waals surface area contributed by atoms with Crippen LogP contribution in [0.4, 0.5) is 0 Å². The Morgan fingerprint density at radius 3 is 2.56 bits per heavy atom. The minimum absolute atomic E-state index is 0.384. The van der Waals surface area contributed by atoms with E-state index in [1.807, 2.05) is 6.20 Å². The van der Waals surface area contributed by atoms with Crippen LogP contribution in [-0.2, 0) is 0 Å². The molecule has 0 saturated heterocycles. The van der Waals surface area contributed by atoms with Crippen molar-refractivity contribution < 1.29 is 0 Å². The minimum atomic E-state index is 0.384. The highest BCUT2D eigenvalue weighted by molar-refractivity contribution is 7.11. The molecule has 0 radical (unpaired) electrons. The number of unbranched alkanes of at least 4 members (excludes halogenated alkanes) is 4. The molecule has 1 heterocycles. The van der Waals surface area contributed by atoms with Crippen LogP contribution in [-0.4, -0.2) is 11.0 Å². The van der Waals surface area contributed by atoms with E-state index in [2.05, 4.69) is 38.0 Å². The molecule has 18 heavy (non-hydrogen) atoms. The number of hydrogen-bond donors (Lipinski definition) is 1. The average Bonchev–Trinajstić information content (AvgIpc) is 2.75. The molecule has 1 aromatic heterocycles. The maximum absolute atomic E-state index is 4.45. The molecule has 1 rings (SSSR count). The fourth-order valence-corrected chi connectivity index (χ4v) is 2.99. The van der Waals surface area contributed by atoms with Crippen LogP contribution in [0.2, 0.25) is 0 Å². The van der Waals surface area contributed by atoms with Gasteiger partial charge >= 0.3 is 0 Å². The van der Waals surface area contributed by atoms with Crippen LogP contribution < -0.4 is 5.32 Å². The van der Waals surface area contributed by atoms with Crippen molar-refractivity contribution >= 4 is 11.3 Å². The number of aryl methyl sites for hydroxylation is 1. The summed E-state index contributed by atoms with van der Waals surface area (Å²) in [6.07, 6.45) is 10.1. The van der Waals surface area contributed by atoms with Crippen molar-refractivity contribution in [3.63, 3.8) is 0 Å². The number of aromatic nitrogens is 1. The second-order valence-corrected chi connectivity index (χ2v) is 6.57. The van der Waals surface area contributed by atoms with E-state index in [1.165, 1.54) is 48.4 Å². The first-order chi connectivity index (χ1) is 8.63. The molecule has 0 bridgehead atoms. The van der Waals surface area contributed by atoms with Gasteiger partial charge in [-0.3, -0.25) is 0 Å². The highest BCUT2D eigenvalue weighted by Crippen LogP contribution is 2.20. The molecule has 0 fully saturated rings. The lowest BCUT2D eigenvalue weighted by Gasteiger charge is -2.18. The molecule has 1 aromatic rings. The maximum Gasteiger partial charge on any atom is 0.109 e. The SMILES string of the molecule is CCCCCCCC(C)NC(C)c1ncc(C)s1. The van der Waals surface area contributed by atoms with E-state index in [1.54, 1.807) is 11.3 Å². The second kappa shape index (κ2) is 8.65. The Kier molecular flexibility index (Phi) is 7.52. The van der Waals surface area contributed by atoms with E-state index < -0.39 is 0 Å². The summed E-state index contributed by atoms with van der Waals surface area (Å²) in [4.78, 5) is 5.74. The summed E-state index contributed by atoms with van der Waals surface area (Å²) in [5, 5.41) is 4.86. The molecular formula is C15H28N2S. The Bertz CT molecular complexity index is 322. The Hall–Kier alpha value is -0.410. The smallest absolute Gasteiger partial charge is 0.109 e. The predicted octanol–water partition coefficient (Wildman–Crippen LogP) is 4.85. The second-order valence-electron chi connectivity index (χ2n) is 5.30. The summed E-state index contributed by atoms with van der Waals surface area (Å²) in [5.41, 5.74) is 0. The van der Waals surface area contributed by atoms with Crippen LogP contribution in [0.25, 0.3) is 0 Å². The summed E-state index contributed by atoms with van der Waals surface area (Å²) in [7, 11) is 0. The van der Waals surface area contributed by atoms with Gasteiger partial charge in [-0.05, 0) is 27.2 Å². The minimum Gasteiger partial charge on any atom is -0.306 e. The van der Waals surface area contributed by atoms with Crippen LogP contribution in [0.5, 0.6) is 0 Å². The molecule has 0 spiro atoms. The third kappa shape index (κ3) is 5.96. The van der Waals surface area contributed by atoms with Crippen molar-refractivity contribution in [3.05, 3.63) is 16.1 Å². The first kappa shape index (κ1) is 15.6. The Morgan fingerprint density at radius 1 is 1.22 bits per heavy atom. The van der Waals surface area contributed by atoms with Crippen LogP contribution >= 0.6 is 11.3 Å². The zero-order chi connectivity index (χ0) is 13.4. The number of rotatable bonds is 9. The Balaban J connectivity index is 2.17. The van der Waals surface area contributed by atoms with Gasteiger partial charge in [0, 0.05) is 17.1 Å². The molecule has 3 heteroatoms. The highest BCUT2D eigenvalue weighted by Gasteiger charge is 2.11. The van der Waals surface area contributed by atoms with Crippen molar-refractivity contribution in [3.8, 4) is 0 Å². The van der Waals surface area contributed by atoms with Gasteiger partial charge in [0.15, 0.2) is 0 Å². The van der Waals surface area contributed by atoms with Gasteiger partial charge in [0.2, 0.25) is 0 Å². The van der Waals surface area contributed by atoms with Gasteiger partial charge in [-0.25, -0.2) is 4.98 Å². The lowest BCUT2D eigenvalue weighted by atomic mass is 10.1. The number of hydrogen-bond acceptors (Lipinski definition) is 3. The third-order valence-corrected chi connectivity index (χ3v) is 4.38. The summed E-state index contributed by atoms with van der Waals surface area (Å²) >= 11 is 1.80. The fourth-order valence-electron chi connectivity index (χ4n) is 2.21. The van der Waals surface area contributed by atoms with Gasteiger partial charge < -0.3 is 5.32 Å². The molecule has 2 nitrogen and oxygen atoms in total. The van der Waals surface area contributed by atoms with Gasteiger partial charge in [0.05, 0.1) is 6.04 Å². The molecule has 0 aliphatic rings. The van der Waals surface area contributed by atoms with E-state index in [-0.39, 0.29) is 0 Å². The van der Waals surface area contributed by atoms with Crippen LogP contribution in [0, 0.1) is 6.92 Å². The largest absolute Gasteiger partial charge is 0.306 e. The summed E-state index contributed by atoms with van der Waals surface area (Å²) in [5.74, 6) is 0. The highest BCUT2D eigenvalue weighted by atomic mass is 32.1. The molecule has 2 atom stereocenters. The quantitative estimate of drug-likeness (QED) is 0.647. The van der Waals surface area contributed by atoms with Crippen molar-refractivity contribution in [1.29, 1.82) is 0 Å².